The van der Waals surface area contributed by atoms with E-state index < -0.39 is 22.6 Å². The van der Waals surface area contributed by atoms with Crippen molar-refractivity contribution in [3.05, 3.63) is 63.6 Å². The van der Waals surface area contributed by atoms with Gasteiger partial charge in [0.05, 0.1) is 15.5 Å². The van der Waals surface area contributed by atoms with E-state index in [9.17, 15) is 18.4 Å². The van der Waals surface area contributed by atoms with Gasteiger partial charge in [-0.25, -0.2) is 8.78 Å². The molecule has 0 unspecified atom stereocenters. The van der Waals surface area contributed by atoms with Crippen molar-refractivity contribution < 1.29 is 23.1 Å². The first-order chi connectivity index (χ1) is 14.2. The average molecular weight is 455 g/mol. The van der Waals surface area contributed by atoms with Gasteiger partial charge in [0.15, 0.2) is 6.61 Å². The fourth-order valence-corrected chi connectivity index (χ4v) is 4.46. The SMILES string of the molecule is O=C(COc1ccc(Cl)c(F)c1)NC12CC(C(=O)NCc3ccc(Cl)c(F)c3)(C1)C2. The number of benzene rings is 2. The van der Waals surface area contributed by atoms with E-state index in [2.05, 4.69) is 10.6 Å². The Bertz CT molecular complexity index is 1010. The zero-order valence-corrected chi connectivity index (χ0v) is 17.2. The van der Waals surface area contributed by atoms with Crippen LogP contribution in [0.1, 0.15) is 24.8 Å². The Kier molecular flexibility index (Phi) is 5.36. The first-order valence-electron chi connectivity index (χ1n) is 9.32. The average Bonchev–Trinajstić information content (AvgIpc) is 2.65. The van der Waals surface area contributed by atoms with Gasteiger partial charge in [-0.1, -0.05) is 29.3 Å². The van der Waals surface area contributed by atoms with Crippen LogP contribution in [0, 0.1) is 17.0 Å². The van der Waals surface area contributed by atoms with E-state index in [1.807, 2.05) is 0 Å². The summed E-state index contributed by atoms with van der Waals surface area (Å²) in [6.07, 6.45) is 1.63. The summed E-state index contributed by atoms with van der Waals surface area (Å²) in [5.74, 6) is -1.39. The molecular weight excluding hydrogens is 437 g/mol. The van der Waals surface area contributed by atoms with Gasteiger partial charge in [0.25, 0.3) is 5.91 Å². The van der Waals surface area contributed by atoms with Crippen LogP contribution in [0.15, 0.2) is 36.4 Å². The maximum atomic E-state index is 13.5. The fourth-order valence-electron chi connectivity index (χ4n) is 4.23. The molecule has 3 saturated carbocycles. The molecule has 3 aliphatic carbocycles. The van der Waals surface area contributed by atoms with Gasteiger partial charge >= 0.3 is 0 Å². The quantitative estimate of drug-likeness (QED) is 0.664. The Morgan fingerprint density at radius 2 is 1.63 bits per heavy atom. The summed E-state index contributed by atoms with van der Waals surface area (Å²) in [5, 5.41) is 5.73. The molecule has 0 saturated heterocycles. The van der Waals surface area contributed by atoms with E-state index in [-0.39, 0.29) is 40.8 Å². The number of nitrogens with one attached hydrogen (secondary N) is 2. The van der Waals surface area contributed by atoms with Crippen LogP contribution in [0.3, 0.4) is 0 Å². The van der Waals surface area contributed by atoms with Crippen LogP contribution in [0.2, 0.25) is 10.0 Å². The van der Waals surface area contributed by atoms with Gasteiger partial charge < -0.3 is 15.4 Å². The molecule has 0 atom stereocenters. The van der Waals surface area contributed by atoms with Gasteiger partial charge in [0.2, 0.25) is 5.91 Å². The van der Waals surface area contributed by atoms with E-state index in [0.29, 0.717) is 24.8 Å². The maximum Gasteiger partial charge on any atom is 0.258 e. The number of hydrogen-bond acceptors (Lipinski definition) is 3. The predicted octanol–water partition coefficient (Wildman–Crippen LogP) is 4.01. The van der Waals surface area contributed by atoms with Crippen LogP contribution in [-0.2, 0) is 16.1 Å². The van der Waals surface area contributed by atoms with Crippen LogP contribution in [-0.4, -0.2) is 24.0 Å². The zero-order chi connectivity index (χ0) is 21.5. The van der Waals surface area contributed by atoms with Gasteiger partial charge in [0, 0.05) is 18.2 Å². The molecule has 2 bridgehead atoms. The number of halogens is 4. The van der Waals surface area contributed by atoms with Gasteiger partial charge in [-0.3, -0.25) is 9.59 Å². The van der Waals surface area contributed by atoms with Crippen molar-refractivity contribution in [2.75, 3.05) is 6.61 Å². The van der Waals surface area contributed by atoms with Gasteiger partial charge in [-0.15, -0.1) is 0 Å². The highest BCUT2D eigenvalue weighted by molar-refractivity contribution is 6.31. The Balaban J connectivity index is 1.22. The minimum Gasteiger partial charge on any atom is -0.484 e. The Morgan fingerprint density at radius 3 is 2.27 bits per heavy atom. The highest BCUT2D eigenvalue weighted by Gasteiger charge is 2.72. The molecule has 2 amide bonds. The van der Waals surface area contributed by atoms with E-state index in [4.69, 9.17) is 27.9 Å². The number of rotatable bonds is 7. The van der Waals surface area contributed by atoms with Crippen LogP contribution in [0.25, 0.3) is 0 Å². The summed E-state index contributed by atoms with van der Waals surface area (Å²) < 4.78 is 32.2. The molecule has 2 N–H and O–H groups in total. The Labute approximate surface area is 181 Å². The molecule has 2 aromatic carbocycles. The normalized spacial score (nSPS) is 23.7. The molecule has 2 aromatic rings. The lowest BCUT2D eigenvalue weighted by Crippen LogP contribution is -2.78. The summed E-state index contributed by atoms with van der Waals surface area (Å²) in [6, 6.07) is 8.34. The van der Waals surface area contributed by atoms with Crippen molar-refractivity contribution in [3.8, 4) is 5.75 Å². The number of carbonyl (C=O) groups is 2. The summed E-state index contributed by atoms with van der Waals surface area (Å²) in [7, 11) is 0. The second-order valence-electron chi connectivity index (χ2n) is 7.93. The molecule has 0 heterocycles. The molecule has 5 rings (SSSR count). The van der Waals surface area contributed by atoms with Crippen LogP contribution < -0.4 is 15.4 Å². The highest BCUT2D eigenvalue weighted by atomic mass is 35.5. The third-order valence-corrected chi connectivity index (χ3v) is 6.23. The molecule has 158 valence electrons. The largest absolute Gasteiger partial charge is 0.484 e. The Morgan fingerprint density at radius 1 is 1.00 bits per heavy atom. The molecule has 0 spiro atoms. The predicted molar refractivity (Wildman–Crippen MR) is 107 cm³/mol. The molecule has 30 heavy (non-hydrogen) atoms. The van der Waals surface area contributed by atoms with Crippen molar-refractivity contribution in [3.63, 3.8) is 0 Å². The standard InChI is InChI=1S/C21H18Cl2F2N2O3/c22-14-3-1-12(5-16(14)24)7-26-19(29)20-9-21(10-20,11-20)27-18(28)8-30-13-2-4-15(23)17(25)6-13/h1-6H,7-11H2,(H,26,29)(H,27,28). The van der Waals surface area contributed by atoms with Crippen LogP contribution >= 0.6 is 23.2 Å². The summed E-state index contributed by atoms with van der Waals surface area (Å²) in [6.45, 7) is -0.0519. The Hall–Kier alpha value is -2.38. The molecule has 0 aliphatic heterocycles. The zero-order valence-electron chi connectivity index (χ0n) is 15.7. The van der Waals surface area contributed by atoms with Crippen LogP contribution in [0.5, 0.6) is 5.75 Å². The maximum absolute atomic E-state index is 13.5. The van der Waals surface area contributed by atoms with Gasteiger partial charge in [-0.2, -0.15) is 0 Å². The van der Waals surface area contributed by atoms with E-state index in [0.717, 1.165) is 6.07 Å². The minimum absolute atomic E-state index is 0.0227. The minimum atomic E-state index is -0.622. The van der Waals surface area contributed by atoms with E-state index in [1.54, 1.807) is 6.07 Å². The second-order valence-corrected chi connectivity index (χ2v) is 8.75. The molecule has 5 nitrogen and oxygen atoms in total. The van der Waals surface area contributed by atoms with Crippen molar-refractivity contribution in [2.24, 2.45) is 5.41 Å². The molecule has 9 heteroatoms. The molecule has 3 fully saturated rings. The first kappa shape index (κ1) is 20.9. The monoisotopic (exact) mass is 454 g/mol. The number of carbonyl (C=O) groups excluding carboxylic acids is 2. The van der Waals surface area contributed by atoms with Crippen molar-refractivity contribution in [1.82, 2.24) is 10.6 Å². The topological polar surface area (TPSA) is 67.4 Å². The number of hydrogen-bond donors (Lipinski definition) is 2. The smallest absolute Gasteiger partial charge is 0.258 e. The third kappa shape index (κ3) is 3.96. The fraction of sp³-hybridized carbons (Fsp3) is 0.333. The van der Waals surface area contributed by atoms with Crippen molar-refractivity contribution in [2.45, 2.75) is 31.3 Å². The van der Waals surface area contributed by atoms with Gasteiger partial charge in [0.1, 0.15) is 17.4 Å². The molecule has 0 radical (unpaired) electrons. The lowest BCUT2D eigenvalue weighted by molar-refractivity contribution is -0.184. The van der Waals surface area contributed by atoms with Gasteiger partial charge in [-0.05, 0) is 49.1 Å². The summed E-state index contributed by atoms with van der Waals surface area (Å²) in [4.78, 5) is 24.6. The van der Waals surface area contributed by atoms with E-state index in [1.165, 1.54) is 24.3 Å². The first-order valence-corrected chi connectivity index (χ1v) is 10.1. The van der Waals surface area contributed by atoms with Crippen molar-refractivity contribution >= 4 is 35.0 Å². The molecule has 3 aliphatic rings. The highest BCUT2D eigenvalue weighted by Crippen LogP contribution is 2.67. The number of ether oxygens (including phenoxy) is 1. The lowest BCUT2D eigenvalue weighted by atomic mass is 9.39. The molecule has 0 aromatic heterocycles. The van der Waals surface area contributed by atoms with E-state index >= 15 is 0 Å². The third-order valence-electron chi connectivity index (χ3n) is 5.61. The number of amides is 2. The summed E-state index contributed by atoms with van der Waals surface area (Å²) >= 11 is 11.3. The second kappa shape index (κ2) is 7.71. The van der Waals surface area contributed by atoms with Crippen LogP contribution in [0.4, 0.5) is 8.78 Å². The van der Waals surface area contributed by atoms with Crippen molar-refractivity contribution in [1.29, 1.82) is 0 Å². The lowest BCUT2D eigenvalue weighted by Gasteiger charge is -2.69. The molecular formula is C21H18Cl2F2N2O3. The summed E-state index contributed by atoms with van der Waals surface area (Å²) in [5.41, 5.74) is -0.260.